The summed E-state index contributed by atoms with van der Waals surface area (Å²) in [4.78, 5) is 22.6. The Morgan fingerprint density at radius 1 is 1.50 bits per heavy atom. The summed E-state index contributed by atoms with van der Waals surface area (Å²) < 4.78 is 4.51. The minimum Gasteiger partial charge on any atom is -0.450 e. The summed E-state index contributed by atoms with van der Waals surface area (Å²) in [5.41, 5.74) is 2.47. The fraction of sp³-hybridized carbons (Fsp3) is 0.167. The summed E-state index contributed by atoms with van der Waals surface area (Å²) in [5.74, 6) is -0.958. The molecule has 2 amide bonds. The van der Waals surface area contributed by atoms with E-state index in [0.29, 0.717) is 10.7 Å². The van der Waals surface area contributed by atoms with Crippen LogP contribution >= 0.6 is 11.6 Å². The Morgan fingerprint density at radius 2 is 2.25 bits per heavy atom. The lowest BCUT2D eigenvalue weighted by molar-refractivity contribution is -0.114. The van der Waals surface area contributed by atoms with Crippen LogP contribution in [-0.4, -0.2) is 24.3 Å². The van der Waals surface area contributed by atoms with Gasteiger partial charge in [0.2, 0.25) is 5.71 Å². The number of hydrogen-bond acceptors (Lipinski definition) is 6. The molecule has 7 nitrogen and oxygen atoms in total. The summed E-state index contributed by atoms with van der Waals surface area (Å²) in [6.07, 6.45) is -0.941. The highest BCUT2D eigenvalue weighted by Gasteiger charge is 2.15. The van der Waals surface area contributed by atoms with Crippen LogP contribution in [0.1, 0.15) is 6.92 Å². The molecule has 8 heteroatoms. The number of anilines is 1. The van der Waals surface area contributed by atoms with Gasteiger partial charge >= 0.3 is 6.09 Å². The Kier molecular flexibility index (Phi) is 6.00. The largest absolute Gasteiger partial charge is 0.450 e. The first-order valence-corrected chi connectivity index (χ1v) is 5.92. The fourth-order valence-corrected chi connectivity index (χ4v) is 1.31. The van der Waals surface area contributed by atoms with Gasteiger partial charge in [-0.3, -0.25) is 15.5 Å². The number of nitrogens with zero attached hydrogens (tertiary/aromatic N) is 2. The summed E-state index contributed by atoms with van der Waals surface area (Å²) in [6.45, 7) is 1.70. The number of carbonyl (C=O) groups is 2. The maximum atomic E-state index is 11.5. The zero-order valence-electron chi connectivity index (χ0n) is 10.5. The molecule has 1 aromatic rings. The molecule has 0 aliphatic carbocycles. The number of ether oxygens (including phenoxy) is 1. The second-order valence-electron chi connectivity index (χ2n) is 3.37. The van der Waals surface area contributed by atoms with Crippen LogP contribution in [0.15, 0.2) is 29.4 Å². The first-order valence-electron chi connectivity index (χ1n) is 5.54. The number of amides is 2. The topological polar surface area (TPSA) is 104 Å². The van der Waals surface area contributed by atoms with E-state index >= 15 is 0 Å². The molecule has 0 saturated carbocycles. The third-order valence-corrected chi connectivity index (χ3v) is 2.17. The molecule has 0 saturated heterocycles. The van der Waals surface area contributed by atoms with Crippen LogP contribution in [0.5, 0.6) is 0 Å². The number of hydrazone groups is 1. The van der Waals surface area contributed by atoms with Crippen LogP contribution in [0.4, 0.5) is 10.5 Å². The SMILES string of the molecule is CCOC(=O)NC(=O)/C(C#N)=N\Nc1cccc(Cl)c1. The van der Waals surface area contributed by atoms with Crippen LogP contribution in [-0.2, 0) is 9.53 Å². The van der Waals surface area contributed by atoms with E-state index in [1.807, 2.05) is 5.32 Å². The van der Waals surface area contributed by atoms with Crippen molar-refractivity contribution in [1.29, 1.82) is 5.26 Å². The lowest BCUT2D eigenvalue weighted by atomic mass is 10.3. The van der Waals surface area contributed by atoms with Gasteiger partial charge in [0.15, 0.2) is 0 Å². The number of imide groups is 1. The van der Waals surface area contributed by atoms with E-state index in [0.717, 1.165) is 0 Å². The highest BCUT2D eigenvalue weighted by Crippen LogP contribution is 2.14. The van der Waals surface area contributed by atoms with E-state index in [4.69, 9.17) is 16.9 Å². The van der Waals surface area contributed by atoms with Crippen molar-refractivity contribution in [2.24, 2.45) is 5.10 Å². The molecule has 0 atom stereocenters. The van der Waals surface area contributed by atoms with Crippen molar-refractivity contribution in [3.05, 3.63) is 29.3 Å². The quantitative estimate of drug-likeness (QED) is 0.652. The molecule has 0 radical (unpaired) electrons. The van der Waals surface area contributed by atoms with Gasteiger partial charge in [0, 0.05) is 5.02 Å². The van der Waals surface area contributed by atoms with E-state index in [9.17, 15) is 9.59 Å². The predicted molar refractivity (Wildman–Crippen MR) is 73.3 cm³/mol. The number of rotatable bonds is 4. The fourth-order valence-electron chi connectivity index (χ4n) is 1.12. The molecule has 0 bridgehead atoms. The van der Waals surface area contributed by atoms with Crippen molar-refractivity contribution in [2.75, 3.05) is 12.0 Å². The first kappa shape index (κ1) is 15.5. The Hall–Kier alpha value is -2.59. The van der Waals surface area contributed by atoms with Crippen molar-refractivity contribution in [2.45, 2.75) is 6.92 Å². The van der Waals surface area contributed by atoms with Crippen molar-refractivity contribution < 1.29 is 14.3 Å². The summed E-state index contributed by atoms with van der Waals surface area (Å²) in [6, 6.07) is 8.11. The maximum absolute atomic E-state index is 11.5. The zero-order valence-corrected chi connectivity index (χ0v) is 11.3. The number of halogens is 1. The van der Waals surface area contributed by atoms with Crippen molar-refractivity contribution in [3.63, 3.8) is 0 Å². The summed E-state index contributed by atoms with van der Waals surface area (Å²) in [7, 11) is 0. The molecular formula is C12H11ClN4O3. The lowest BCUT2D eigenvalue weighted by Crippen LogP contribution is -2.36. The van der Waals surface area contributed by atoms with Crippen LogP contribution < -0.4 is 10.7 Å². The van der Waals surface area contributed by atoms with Crippen molar-refractivity contribution >= 4 is 35.0 Å². The second-order valence-corrected chi connectivity index (χ2v) is 3.81. The normalized spacial score (nSPS) is 10.3. The molecule has 2 N–H and O–H groups in total. The van der Waals surface area contributed by atoms with Gasteiger partial charge in [-0.25, -0.2) is 4.79 Å². The summed E-state index contributed by atoms with van der Waals surface area (Å²) >= 11 is 5.77. The third kappa shape index (κ3) is 4.96. The lowest BCUT2D eigenvalue weighted by Gasteiger charge is -2.03. The molecule has 0 unspecified atom stereocenters. The highest BCUT2D eigenvalue weighted by molar-refractivity contribution is 6.46. The van der Waals surface area contributed by atoms with Gasteiger partial charge in [0.1, 0.15) is 6.07 Å². The van der Waals surface area contributed by atoms with Gasteiger partial charge in [-0.05, 0) is 25.1 Å². The molecule has 0 aliphatic heterocycles. The van der Waals surface area contributed by atoms with E-state index in [1.165, 1.54) is 0 Å². The standard InChI is InChI=1S/C12H11ClN4O3/c1-2-20-12(19)15-11(18)10(7-14)17-16-9-5-3-4-8(13)6-9/h3-6,16H,2H2,1H3,(H,15,18,19)/b17-10-. The van der Waals surface area contributed by atoms with Gasteiger partial charge in [0.25, 0.3) is 5.91 Å². The first-order chi connectivity index (χ1) is 9.56. The van der Waals surface area contributed by atoms with Gasteiger partial charge in [-0.2, -0.15) is 10.4 Å². The van der Waals surface area contributed by atoms with Gasteiger partial charge in [-0.1, -0.05) is 17.7 Å². The number of alkyl carbamates (subject to hydrolysis) is 1. The van der Waals surface area contributed by atoms with Crippen LogP contribution in [0.3, 0.4) is 0 Å². The maximum Gasteiger partial charge on any atom is 0.414 e. The van der Waals surface area contributed by atoms with E-state index in [1.54, 1.807) is 37.3 Å². The minimum atomic E-state index is -0.958. The second kappa shape index (κ2) is 7.76. The number of hydrogen-bond donors (Lipinski definition) is 2. The molecule has 0 heterocycles. The monoisotopic (exact) mass is 294 g/mol. The Labute approximate surface area is 120 Å². The average Bonchev–Trinajstić information content (AvgIpc) is 2.39. The van der Waals surface area contributed by atoms with Gasteiger partial charge < -0.3 is 4.74 Å². The number of carbonyl (C=O) groups excluding carboxylic acids is 2. The molecule has 104 valence electrons. The molecule has 1 aromatic carbocycles. The number of benzene rings is 1. The smallest absolute Gasteiger partial charge is 0.414 e. The third-order valence-electron chi connectivity index (χ3n) is 1.93. The molecule has 0 spiro atoms. The predicted octanol–water partition coefficient (Wildman–Crippen LogP) is 1.90. The average molecular weight is 295 g/mol. The molecule has 1 rings (SSSR count). The molecule has 0 aliphatic rings. The molecule has 20 heavy (non-hydrogen) atoms. The Morgan fingerprint density at radius 3 is 2.85 bits per heavy atom. The van der Waals surface area contributed by atoms with E-state index in [-0.39, 0.29) is 6.61 Å². The van der Waals surface area contributed by atoms with Crippen LogP contribution in [0, 0.1) is 11.3 Å². The molecule has 0 fully saturated rings. The van der Waals surface area contributed by atoms with Crippen LogP contribution in [0.25, 0.3) is 0 Å². The Balaban J connectivity index is 2.70. The van der Waals surface area contributed by atoms with Gasteiger partial charge in [0.05, 0.1) is 12.3 Å². The Bertz CT molecular complexity index is 580. The van der Waals surface area contributed by atoms with Crippen LogP contribution in [0.2, 0.25) is 5.02 Å². The number of nitrogens with one attached hydrogen (secondary N) is 2. The van der Waals surface area contributed by atoms with Crippen molar-refractivity contribution in [3.8, 4) is 6.07 Å². The van der Waals surface area contributed by atoms with Crippen molar-refractivity contribution in [1.82, 2.24) is 5.32 Å². The van der Waals surface area contributed by atoms with E-state index < -0.39 is 17.7 Å². The summed E-state index contributed by atoms with van der Waals surface area (Å²) in [5, 5.41) is 14.7. The van der Waals surface area contributed by atoms with E-state index in [2.05, 4.69) is 15.3 Å². The van der Waals surface area contributed by atoms with Gasteiger partial charge in [-0.15, -0.1) is 0 Å². The zero-order chi connectivity index (χ0) is 15.0. The minimum absolute atomic E-state index is 0.110. The molecule has 0 aromatic heterocycles. The highest BCUT2D eigenvalue weighted by atomic mass is 35.5. The number of nitriles is 1. The molecular weight excluding hydrogens is 284 g/mol.